The Labute approximate surface area is 206 Å². The number of aliphatic imine (C=N–C) groups is 1. The van der Waals surface area contributed by atoms with Gasteiger partial charge in [0.15, 0.2) is 0 Å². The van der Waals surface area contributed by atoms with Crippen LogP contribution in [0.3, 0.4) is 0 Å². The maximum Gasteiger partial charge on any atom is 0.414 e. The lowest BCUT2D eigenvalue weighted by Crippen LogP contribution is -2.46. The van der Waals surface area contributed by atoms with Crippen molar-refractivity contribution in [3.8, 4) is 0 Å². The molecule has 0 aliphatic rings. The number of ether oxygens (including phenoxy) is 1. The molecule has 0 radical (unpaired) electrons. The SMILES string of the molecule is CON=C(CC(=O)NC(=Nc1cc(Cl)c(N)c(Cl)c1)NC(=O)OC(C)(C)C)c1ccc(F)cc1. The predicted octanol–water partition coefficient (Wildman–Crippen LogP) is 4.78. The van der Waals surface area contributed by atoms with Gasteiger partial charge in [-0.3, -0.25) is 15.4 Å². The number of benzene rings is 2. The van der Waals surface area contributed by atoms with Crippen LogP contribution in [-0.2, 0) is 14.4 Å². The highest BCUT2D eigenvalue weighted by Crippen LogP contribution is 2.32. The van der Waals surface area contributed by atoms with Crippen LogP contribution in [0.25, 0.3) is 0 Å². The Morgan fingerprint density at radius 3 is 2.21 bits per heavy atom. The van der Waals surface area contributed by atoms with Gasteiger partial charge in [-0.2, -0.15) is 0 Å². The largest absolute Gasteiger partial charge is 0.444 e. The summed E-state index contributed by atoms with van der Waals surface area (Å²) in [6.45, 7) is 5.03. The number of hydrogen-bond acceptors (Lipinski definition) is 7. The molecule has 182 valence electrons. The standard InChI is InChI=1S/C22H24Cl2FN5O4/c1-22(2,3)34-21(32)29-20(27-14-9-15(23)19(26)16(24)10-14)28-18(31)11-17(30-33-4)12-5-7-13(25)8-6-12/h5-10H,11,26H2,1-4H3,(H2,27,28,29,31,32). The molecule has 0 aliphatic heterocycles. The van der Waals surface area contributed by atoms with Crippen LogP contribution >= 0.6 is 23.2 Å². The lowest BCUT2D eigenvalue weighted by Gasteiger charge is -2.20. The lowest BCUT2D eigenvalue weighted by molar-refractivity contribution is -0.118. The number of nitrogen functional groups attached to an aromatic ring is 1. The van der Waals surface area contributed by atoms with Gasteiger partial charge in [0.05, 0.1) is 33.6 Å². The smallest absolute Gasteiger partial charge is 0.414 e. The van der Waals surface area contributed by atoms with Crippen LogP contribution in [0.15, 0.2) is 46.5 Å². The topological polar surface area (TPSA) is 127 Å². The number of nitrogens with zero attached hydrogens (tertiary/aromatic N) is 2. The minimum atomic E-state index is -0.858. The van der Waals surface area contributed by atoms with Gasteiger partial charge < -0.3 is 15.3 Å². The summed E-state index contributed by atoms with van der Waals surface area (Å²) >= 11 is 12.1. The van der Waals surface area contributed by atoms with Gasteiger partial charge >= 0.3 is 6.09 Å². The number of carbonyl (C=O) groups excluding carboxylic acids is 2. The quantitative estimate of drug-likeness (QED) is 0.230. The molecule has 0 fully saturated rings. The van der Waals surface area contributed by atoms with Crippen LogP contribution in [0.4, 0.5) is 20.6 Å². The predicted molar refractivity (Wildman–Crippen MR) is 130 cm³/mol. The number of nitrogens with two attached hydrogens (primary N) is 1. The molecule has 4 N–H and O–H groups in total. The molecule has 9 nitrogen and oxygen atoms in total. The Bertz CT molecular complexity index is 1090. The zero-order valence-corrected chi connectivity index (χ0v) is 20.4. The van der Waals surface area contributed by atoms with Crippen molar-refractivity contribution in [3.63, 3.8) is 0 Å². The lowest BCUT2D eigenvalue weighted by atomic mass is 10.1. The number of hydrogen-bond donors (Lipinski definition) is 3. The minimum absolute atomic E-state index is 0.139. The Balaban J connectivity index is 2.30. The summed E-state index contributed by atoms with van der Waals surface area (Å²) in [5, 5.41) is 8.96. The van der Waals surface area contributed by atoms with Crippen molar-refractivity contribution in [2.24, 2.45) is 10.1 Å². The van der Waals surface area contributed by atoms with Crippen molar-refractivity contribution in [2.45, 2.75) is 32.8 Å². The molecule has 0 unspecified atom stereocenters. The average Bonchev–Trinajstić information content (AvgIpc) is 2.70. The maximum absolute atomic E-state index is 13.3. The highest BCUT2D eigenvalue weighted by atomic mass is 35.5. The van der Waals surface area contributed by atoms with E-state index in [0.717, 1.165) is 0 Å². The summed E-state index contributed by atoms with van der Waals surface area (Å²) in [6.07, 6.45) is -1.14. The van der Waals surface area contributed by atoms with Crippen LogP contribution in [0.2, 0.25) is 10.0 Å². The number of guanidine groups is 1. The molecule has 0 atom stereocenters. The van der Waals surface area contributed by atoms with Gasteiger partial charge in [0.2, 0.25) is 11.9 Å². The highest BCUT2D eigenvalue weighted by molar-refractivity contribution is 6.39. The monoisotopic (exact) mass is 511 g/mol. The molecule has 2 amide bonds. The van der Waals surface area contributed by atoms with Gasteiger partial charge in [0.1, 0.15) is 18.5 Å². The zero-order valence-electron chi connectivity index (χ0n) is 18.9. The van der Waals surface area contributed by atoms with E-state index >= 15 is 0 Å². The second kappa shape index (κ2) is 11.7. The molecule has 2 aromatic carbocycles. The normalized spacial score (nSPS) is 12.2. The van der Waals surface area contributed by atoms with Crippen LogP contribution in [-0.4, -0.2) is 36.4 Å². The fourth-order valence-electron chi connectivity index (χ4n) is 2.52. The van der Waals surface area contributed by atoms with Gasteiger partial charge in [-0.05, 0) is 45.0 Å². The first-order valence-corrected chi connectivity index (χ1v) is 10.6. The van der Waals surface area contributed by atoms with E-state index < -0.39 is 23.4 Å². The minimum Gasteiger partial charge on any atom is -0.444 e. The number of nitrogens with one attached hydrogen (secondary N) is 2. The fraction of sp³-hybridized carbons (Fsp3) is 0.273. The molecule has 12 heteroatoms. The molecule has 0 saturated heterocycles. The Hall–Kier alpha value is -3.37. The molecule has 0 spiro atoms. The summed E-state index contributed by atoms with van der Waals surface area (Å²) in [5.74, 6) is -1.31. The summed E-state index contributed by atoms with van der Waals surface area (Å²) in [4.78, 5) is 34.0. The number of rotatable bonds is 5. The number of oxime groups is 1. The number of carbonyl (C=O) groups is 2. The van der Waals surface area contributed by atoms with Gasteiger partial charge in [0.25, 0.3) is 0 Å². The van der Waals surface area contributed by atoms with Crippen molar-refractivity contribution in [2.75, 3.05) is 12.8 Å². The molecule has 2 rings (SSSR count). The fourth-order valence-corrected chi connectivity index (χ4v) is 3.00. The van der Waals surface area contributed by atoms with Gasteiger partial charge in [-0.15, -0.1) is 0 Å². The van der Waals surface area contributed by atoms with E-state index in [9.17, 15) is 14.0 Å². The summed E-state index contributed by atoms with van der Waals surface area (Å²) in [5.41, 5.74) is 5.99. The molecule has 0 aliphatic carbocycles. The maximum atomic E-state index is 13.3. The molecular weight excluding hydrogens is 488 g/mol. The van der Waals surface area contributed by atoms with E-state index in [2.05, 4.69) is 20.8 Å². The molecular formula is C22H24Cl2FN5O4. The first-order valence-electron chi connectivity index (χ1n) is 9.87. The van der Waals surface area contributed by atoms with E-state index in [4.69, 9.17) is 38.5 Å². The third kappa shape index (κ3) is 8.53. The summed E-state index contributed by atoms with van der Waals surface area (Å²) < 4.78 is 18.5. The van der Waals surface area contributed by atoms with Crippen LogP contribution in [0, 0.1) is 5.82 Å². The summed E-state index contributed by atoms with van der Waals surface area (Å²) in [7, 11) is 1.31. The van der Waals surface area contributed by atoms with Gasteiger partial charge in [-0.25, -0.2) is 14.2 Å². The molecule has 0 saturated carbocycles. The first kappa shape index (κ1) is 26.9. The van der Waals surface area contributed by atoms with Crippen molar-refractivity contribution in [1.82, 2.24) is 10.6 Å². The Kier molecular flexibility index (Phi) is 9.22. The van der Waals surface area contributed by atoms with Crippen molar-refractivity contribution in [1.29, 1.82) is 0 Å². The first-order chi connectivity index (χ1) is 15.9. The molecule has 2 aromatic rings. The highest BCUT2D eigenvalue weighted by Gasteiger charge is 2.20. The molecule has 0 heterocycles. The second-order valence-corrected chi connectivity index (χ2v) is 8.68. The van der Waals surface area contributed by atoms with Gasteiger partial charge in [-0.1, -0.05) is 40.5 Å². The number of halogens is 3. The van der Waals surface area contributed by atoms with E-state index in [1.54, 1.807) is 20.8 Å². The van der Waals surface area contributed by atoms with Crippen molar-refractivity contribution >= 4 is 58.2 Å². The third-order valence-corrected chi connectivity index (χ3v) is 4.51. The third-order valence-electron chi connectivity index (χ3n) is 3.89. The number of alkyl carbamates (subject to hydrolysis) is 1. The van der Waals surface area contributed by atoms with E-state index in [1.165, 1.54) is 43.5 Å². The van der Waals surface area contributed by atoms with Gasteiger partial charge in [0, 0.05) is 5.56 Å². The van der Waals surface area contributed by atoms with Crippen LogP contribution in [0.1, 0.15) is 32.8 Å². The van der Waals surface area contributed by atoms with E-state index in [-0.39, 0.29) is 39.5 Å². The number of amides is 2. The number of anilines is 1. The molecule has 0 aromatic heterocycles. The summed E-state index contributed by atoms with van der Waals surface area (Å²) in [6, 6.07) is 8.16. The van der Waals surface area contributed by atoms with Crippen LogP contribution in [0.5, 0.6) is 0 Å². The Morgan fingerprint density at radius 2 is 1.68 bits per heavy atom. The second-order valence-electron chi connectivity index (χ2n) is 7.86. The van der Waals surface area contributed by atoms with Crippen LogP contribution < -0.4 is 16.4 Å². The van der Waals surface area contributed by atoms with E-state index in [0.29, 0.717) is 5.56 Å². The van der Waals surface area contributed by atoms with Crippen molar-refractivity contribution in [3.05, 3.63) is 57.8 Å². The average molecular weight is 512 g/mol. The van der Waals surface area contributed by atoms with Crippen molar-refractivity contribution < 1.29 is 23.6 Å². The van der Waals surface area contributed by atoms with E-state index in [1.807, 2.05) is 0 Å². The molecule has 34 heavy (non-hydrogen) atoms. The Morgan fingerprint density at radius 1 is 1.09 bits per heavy atom. The molecule has 0 bridgehead atoms. The zero-order chi connectivity index (χ0) is 25.5.